The highest BCUT2D eigenvalue weighted by atomic mass is 35.5. The monoisotopic (exact) mass is 392 g/mol. The lowest BCUT2D eigenvalue weighted by molar-refractivity contribution is -0.491. The fraction of sp³-hybridized carbons (Fsp3) is 0.294. The number of hydrogen-bond donors (Lipinski definition) is 0. The van der Waals surface area contributed by atoms with Crippen molar-refractivity contribution in [2.45, 2.75) is 32.7 Å². The van der Waals surface area contributed by atoms with Crippen LogP contribution in [0.5, 0.6) is 0 Å². The first kappa shape index (κ1) is 18.8. The number of nitrogens with zero attached hydrogens (tertiary/aromatic N) is 4. The molecule has 2 aromatic rings. The van der Waals surface area contributed by atoms with Gasteiger partial charge in [0.1, 0.15) is 0 Å². The Bertz CT molecular complexity index is 995. The molecule has 0 radical (unpaired) electrons. The Morgan fingerprint density at radius 1 is 1.37 bits per heavy atom. The van der Waals surface area contributed by atoms with Crippen LogP contribution in [0.3, 0.4) is 0 Å². The van der Waals surface area contributed by atoms with Gasteiger partial charge >= 0.3 is 11.9 Å². The largest absolute Gasteiger partial charge is 0.352 e. The minimum atomic E-state index is -2.19. The lowest BCUT2D eigenvalue weighted by Crippen LogP contribution is -2.50. The number of halogens is 2. The van der Waals surface area contributed by atoms with Crippen molar-refractivity contribution in [3.63, 3.8) is 0 Å². The molecule has 0 spiro atoms. The maximum Gasteiger partial charge on any atom is 0.352 e. The fourth-order valence-electron chi connectivity index (χ4n) is 2.98. The molecule has 3 rings (SSSR count). The van der Waals surface area contributed by atoms with Crippen molar-refractivity contribution in [2.24, 2.45) is 0 Å². The molecule has 1 aliphatic heterocycles. The van der Waals surface area contributed by atoms with E-state index in [0.717, 1.165) is 11.0 Å². The van der Waals surface area contributed by atoms with Gasteiger partial charge in [0, 0.05) is 11.1 Å². The van der Waals surface area contributed by atoms with Crippen molar-refractivity contribution in [3.8, 4) is 0 Å². The number of fused-ring (bicyclic) bond motifs is 1. The van der Waals surface area contributed by atoms with Crippen molar-refractivity contribution < 1.29 is 18.9 Å². The molecule has 1 amide bonds. The van der Waals surface area contributed by atoms with E-state index in [-0.39, 0.29) is 23.0 Å². The number of nitro groups is 1. The van der Waals surface area contributed by atoms with Gasteiger partial charge in [-0.3, -0.25) is 29.6 Å². The predicted molar refractivity (Wildman–Crippen MR) is 94.5 cm³/mol. The molecule has 3 heterocycles. The highest BCUT2D eigenvalue weighted by molar-refractivity contribution is 6.31. The third kappa shape index (κ3) is 2.93. The quantitative estimate of drug-likeness (QED) is 0.343. The van der Waals surface area contributed by atoms with Gasteiger partial charge in [0.25, 0.3) is 0 Å². The van der Waals surface area contributed by atoms with E-state index in [2.05, 4.69) is 9.97 Å². The maximum absolute atomic E-state index is 13.9. The number of aryl methyl sites for hydroxylation is 1. The summed E-state index contributed by atoms with van der Waals surface area (Å²) in [6.45, 7) is 5.36. The van der Waals surface area contributed by atoms with E-state index in [1.165, 1.54) is 0 Å². The number of ketones is 1. The molecule has 140 valence electrons. The van der Waals surface area contributed by atoms with Gasteiger partial charge in [-0.1, -0.05) is 25.4 Å². The predicted octanol–water partition coefficient (Wildman–Crippen LogP) is 3.21. The molecule has 0 fully saturated rings. The van der Waals surface area contributed by atoms with Crippen molar-refractivity contribution in [2.75, 3.05) is 4.90 Å². The summed E-state index contributed by atoms with van der Waals surface area (Å²) < 4.78 is 13.9. The summed E-state index contributed by atoms with van der Waals surface area (Å²) in [6.07, 6.45) is 1.55. The maximum atomic E-state index is 13.9. The van der Waals surface area contributed by atoms with Gasteiger partial charge in [-0.05, 0) is 30.5 Å². The van der Waals surface area contributed by atoms with Crippen LogP contribution in [-0.2, 0) is 4.79 Å². The zero-order valence-electron chi connectivity index (χ0n) is 14.6. The first-order chi connectivity index (χ1) is 12.6. The van der Waals surface area contributed by atoms with E-state index >= 15 is 0 Å². The van der Waals surface area contributed by atoms with E-state index in [9.17, 15) is 24.1 Å². The van der Waals surface area contributed by atoms with Crippen molar-refractivity contribution in [1.82, 2.24) is 9.97 Å². The summed E-state index contributed by atoms with van der Waals surface area (Å²) in [5, 5.41) is 10.8. The molecule has 0 N–H and O–H groups in total. The molecular formula is C17H14ClFN4O4. The van der Waals surface area contributed by atoms with Crippen LogP contribution in [0.1, 0.15) is 41.4 Å². The highest BCUT2D eigenvalue weighted by Gasteiger charge is 2.50. The van der Waals surface area contributed by atoms with Gasteiger partial charge in [-0.25, -0.2) is 9.37 Å². The zero-order chi connectivity index (χ0) is 20.0. The first-order valence-corrected chi connectivity index (χ1v) is 8.36. The standard InChI is InChI=1S/C17H14ClFN4O4/c1-7(2)11-12(8(3)4-5-20-11)22-16-9(6-10(19)15(18)21-16)14(24)13(17(22)25)23(26)27/h4-7,13H,1-3H3. The second-order valence-corrected chi connectivity index (χ2v) is 6.73. The van der Waals surface area contributed by atoms with Gasteiger partial charge in [0.05, 0.1) is 16.9 Å². The average Bonchev–Trinajstić information content (AvgIpc) is 2.57. The average molecular weight is 393 g/mol. The Balaban J connectivity index is 2.38. The van der Waals surface area contributed by atoms with Crippen LogP contribution in [0.25, 0.3) is 0 Å². The molecule has 2 aromatic heterocycles. The minimum Gasteiger partial charge on any atom is -0.286 e. The SMILES string of the molecule is Cc1ccnc(C(C)C)c1N1C(=O)C([N+](=O)[O-])C(=O)c2cc(F)c(Cl)nc21. The van der Waals surface area contributed by atoms with Crippen LogP contribution in [0, 0.1) is 22.9 Å². The topological polar surface area (TPSA) is 106 Å². The Morgan fingerprint density at radius 3 is 2.63 bits per heavy atom. The van der Waals surface area contributed by atoms with Crippen molar-refractivity contribution in [3.05, 3.63) is 56.2 Å². The van der Waals surface area contributed by atoms with Crippen LogP contribution in [0.2, 0.25) is 5.15 Å². The Kier molecular flexibility index (Phi) is 4.64. The van der Waals surface area contributed by atoms with Crippen molar-refractivity contribution >= 4 is 34.8 Å². The molecule has 27 heavy (non-hydrogen) atoms. The van der Waals surface area contributed by atoms with E-state index in [0.29, 0.717) is 11.3 Å². The number of carbonyl (C=O) groups excluding carboxylic acids is 2. The Morgan fingerprint density at radius 2 is 2.04 bits per heavy atom. The van der Waals surface area contributed by atoms with Gasteiger partial charge < -0.3 is 0 Å². The fourth-order valence-corrected chi connectivity index (χ4v) is 3.12. The number of pyridine rings is 2. The zero-order valence-corrected chi connectivity index (χ0v) is 15.3. The lowest BCUT2D eigenvalue weighted by Gasteiger charge is -2.31. The Hall–Kier alpha value is -2.94. The van der Waals surface area contributed by atoms with Gasteiger partial charge in [0.2, 0.25) is 5.78 Å². The van der Waals surface area contributed by atoms with E-state index in [4.69, 9.17) is 11.6 Å². The van der Waals surface area contributed by atoms with Crippen LogP contribution < -0.4 is 4.90 Å². The molecule has 0 saturated heterocycles. The molecule has 0 aliphatic carbocycles. The molecular weight excluding hydrogens is 379 g/mol. The molecule has 0 saturated carbocycles. The second kappa shape index (κ2) is 6.66. The number of rotatable bonds is 3. The lowest BCUT2D eigenvalue weighted by atomic mass is 9.96. The van der Waals surface area contributed by atoms with Crippen LogP contribution >= 0.6 is 11.6 Å². The molecule has 0 bridgehead atoms. The normalized spacial score (nSPS) is 16.7. The van der Waals surface area contributed by atoms with Crippen LogP contribution in [0.4, 0.5) is 15.9 Å². The smallest absolute Gasteiger partial charge is 0.286 e. The highest BCUT2D eigenvalue weighted by Crippen LogP contribution is 2.39. The number of Topliss-reactive ketones (excluding diaryl/α,β-unsaturated/α-hetero) is 1. The van der Waals surface area contributed by atoms with Crippen LogP contribution in [0.15, 0.2) is 18.3 Å². The molecule has 0 aromatic carbocycles. The number of carbonyl (C=O) groups is 2. The summed E-state index contributed by atoms with van der Waals surface area (Å²) in [5.74, 6) is -3.61. The minimum absolute atomic E-state index is 0.140. The molecule has 1 aliphatic rings. The molecule has 8 nitrogen and oxygen atoms in total. The second-order valence-electron chi connectivity index (χ2n) is 6.37. The summed E-state index contributed by atoms with van der Waals surface area (Å²) in [6, 6.07) is 0.195. The van der Waals surface area contributed by atoms with Gasteiger partial charge in [0.15, 0.2) is 16.8 Å². The molecule has 1 atom stereocenters. The first-order valence-electron chi connectivity index (χ1n) is 7.98. The Labute approximate surface area is 158 Å². The van der Waals surface area contributed by atoms with Gasteiger partial charge in [-0.2, -0.15) is 0 Å². The summed E-state index contributed by atoms with van der Waals surface area (Å²) in [7, 11) is 0. The molecule has 1 unspecified atom stereocenters. The number of amides is 1. The van der Waals surface area contributed by atoms with E-state index < -0.39 is 33.6 Å². The summed E-state index contributed by atoms with van der Waals surface area (Å²) in [5.41, 5.74) is 0.962. The number of hydrogen-bond acceptors (Lipinski definition) is 6. The van der Waals surface area contributed by atoms with Crippen molar-refractivity contribution in [1.29, 1.82) is 0 Å². The van der Waals surface area contributed by atoms with E-state index in [1.807, 2.05) is 13.8 Å². The summed E-state index contributed by atoms with van der Waals surface area (Å²) >= 11 is 5.75. The van der Waals surface area contributed by atoms with Crippen LogP contribution in [-0.4, -0.2) is 32.6 Å². The third-order valence-electron chi connectivity index (χ3n) is 4.23. The molecule has 10 heteroatoms. The third-order valence-corrected chi connectivity index (χ3v) is 4.49. The van der Waals surface area contributed by atoms with E-state index in [1.54, 1.807) is 19.2 Å². The van der Waals surface area contributed by atoms with Gasteiger partial charge in [-0.15, -0.1) is 0 Å². The summed E-state index contributed by atoms with van der Waals surface area (Å²) in [4.78, 5) is 44.8. The number of aromatic nitrogens is 2. The number of anilines is 2.